The molecule has 1 unspecified atom stereocenters. The number of ether oxygens (including phenoxy) is 1. The maximum absolute atomic E-state index is 13.3. The Morgan fingerprint density at radius 1 is 1.50 bits per heavy atom. The van der Waals surface area contributed by atoms with Crippen LogP contribution in [0.5, 0.6) is 5.75 Å². The molecule has 0 aliphatic heterocycles. The Labute approximate surface area is 107 Å². The molecule has 1 aromatic carbocycles. The molecule has 2 N–H and O–H groups in total. The third-order valence-corrected chi connectivity index (χ3v) is 2.59. The van der Waals surface area contributed by atoms with Crippen LogP contribution in [-0.4, -0.2) is 26.1 Å². The summed E-state index contributed by atoms with van der Waals surface area (Å²) in [6.07, 6.45) is 0. The van der Waals surface area contributed by atoms with E-state index in [4.69, 9.17) is 4.74 Å². The SMILES string of the molecule is CCNC(C)c1cc(F)ccc1OCC(=O)NC. The van der Waals surface area contributed by atoms with Crippen molar-refractivity contribution in [2.45, 2.75) is 19.9 Å². The zero-order chi connectivity index (χ0) is 13.5. The van der Waals surface area contributed by atoms with Gasteiger partial charge in [0.05, 0.1) is 0 Å². The molecule has 0 spiro atoms. The molecule has 0 aromatic heterocycles. The average Bonchev–Trinajstić information content (AvgIpc) is 2.37. The summed E-state index contributed by atoms with van der Waals surface area (Å²) in [6, 6.07) is 4.25. The van der Waals surface area contributed by atoms with Crippen molar-refractivity contribution in [1.29, 1.82) is 0 Å². The van der Waals surface area contributed by atoms with Crippen molar-refractivity contribution in [3.63, 3.8) is 0 Å². The Kier molecular flexibility index (Phi) is 5.58. The van der Waals surface area contributed by atoms with Gasteiger partial charge in [0, 0.05) is 18.7 Å². The standard InChI is InChI=1S/C13H19FN2O2/c1-4-16-9(2)11-7-10(14)5-6-12(11)18-8-13(17)15-3/h5-7,9,16H,4,8H2,1-3H3,(H,15,17). The summed E-state index contributed by atoms with van der Waals surface area (Å²) in [5.41, 5.74) is 0.709. The molecule has 0 saturated heterocycles. The minimum atomic E-state index is -0.318. The Hall–Kier alpha value is -1.62. The number of rotatable bonds is 6. The molecular weight excluding hydrogens is 235 g/mol. The normalized spacial score (nSPS) is 12.0. The van der Waals surface area contributed by atoms with Gasteiger partial charge in [-0.1, -0.05) is 6.92 Å². The molecule has 0 aliphatic rings. The highest BCUT2D eigenvalue weighted by atomic mass is 19.1. The second-order valence-electron chi connectivity index (χ2n) is 3.92. The summed E-state index contributed by atoms with van der Waals surface area (Å²) < 4.78 is 18.6. The van der Waals surface area contributed by atoms with Gasteiger partial charge in [0.1, 0.15) is 11.6 Å². The van der Waals surface area contributed by atoms with Gasteiger partial charge in [-0.05, 0) is 31.7 Å². The summed E-state index contributed by atoms with van der Waals surface area (Å²) >= 11 is 0. The molecule has 0 aliphatic carbocycles. The van der Waals surface area contributed by atoms with E-state index >= 15 is 0 Å². The van der Waals surface area contributed by atoms with Crippen molar-refractivity contribution >= 4 is 5.91 Å². The van der Waals surface area contributed by atoms with Crippen LogP contribution in [0.15, 0.2) is 18.2 Å². The lowest BCUT2D eigenvalue weighted by Gasteiger charge is -2.17. The number of carbonyl (C=O) groups is 1. The highest BCUT2D eigenvalue weighted by Crippen LogP contribution is 2.26. The zero-order valence-electron chi connectivity index (χ0n) is 10.9. The van der Waals surface area contributed by atoms with Gasteiger partial charge < -0.3 is 15.4 Å². The number of benzene rings is 1. The summed E-state index contributed by atoms with van der Waals surface area (Å²) in [5.74, 6) is -0.0168. The van der Waals surface area contributed by atoms with E-state index in [9.17, 15) is 9.18 Å². The largest absolute Gasteiger partial charge is 0.483 e. The highest BCUT2D eigenvalue weighted by molar-refractivity contribution is 5.77. The van der Waals surface area contributed by atoms with Crippen LogP contribution in [0.25, 0.3) is 0 Å². The zero-order valence-corrected chi connectivity index (χ0v) is 10.9. The first-order chi connectivity index (χ1) is 8.58. The Bertz CT molecular complexity index is 410. The molecule has 1 atom stereocenters. The van der Waals surface area contributed by atoms with Gasteiger partial charge in [0.25, 0.3) is 5.91 Å². The monoisotopic (exact) mass is 254 g/mol. The van der Waals surface area contributed by atoms with Crippen molar-refractivity contribution < 1.29 is 13.9 Å². The molecule has 18 heavy (non-hydrogen) atoms. The minimum absolute atomic E-state index is 0.0367. The van der Waals surface area contributed by atoms with E-state index in [1.807, 2.05) is 13.8 Å². The van der Waals surface area contributed by atoms with Crippen LogP contribution in [0.1, 0.15) is 25.5 Å². The summed E-state index contributed by atoms with van der Waals surface area (Å²) in [6.45, 7) is 4.59. The maximum atomic E-state index is 13.3. The smallest absolute Gasteiger partial charge is 0.257 e. The minimum Gasteiger partial charge on any atom is -0.483 e. The van der Waals surface area contributed by atoms with Crippen molar-refractivity contribution in [1.82, 2.24) is 10.6 Å². The van der Waals surface area contributed by atoms with Crippen LogP contribution in [0.4, 0.5) is 4.39 Å². The van der Waals surface area contributed by atoms with Gasteiger partial charge in [0.2, 0.25) is 0 Å². The van der Waals surface area contributed by atoms with Crippen molar-refractivity contribution in [3.8, 4) is 5.75 Å². The van der Waals surface area contributed by atoms with E-state index in [2.05, 4.69) is 10.6 Å². The maximum Gasteiger partial charge on any atom is 0.257 e. The fourth-order valence-corrected chi connectivity index (χ4v) is 1.62. The van der Waals surface area contributed by atoms with Gasteiger partial charge in [0.15, 0.2) is 6.61 Å². The number of hydrogen-bond donors (Lipinski definition) is 2. The molecule has 0 saturated carbocycles. The first kappa shape index (κ1) is 14.4. The number of halogens is 1. The van der Waals surface area contributed by atoms with Gasteiger partial charge in [-0.2, -0.15) is 0 Å². The van der Waals surface area contributed by atoms with Crippen LogP contribution in [0.3, 0.4) is 0 Å². The topological polar surface area (TPSA) is 50.4 Å². The number of amides is 1. The van der Waals surface area contributed by atoms with Crippen LogP contribution in [0.2, 0.25) is 0 Å². The molecular formula is C13H19FN2O2. The third kappa shape index (κ3) is 4.00. The third-order valence-electron chi connectivity index (χ3n) is 2.59. The van der Waals surface area contributed by atoms with Gasteiger partial charge in [-0.15, -0.1) is 0 Å². The first-order valence-electron chi connectivity index (χ1n) is 5.94. The van der Waals surface area contributed by atoms with Gasteiger partial charge in [-0.3, -0.25) is 4.79 Å². The molecule has 1 aromatic rings. The number of likely N-dealkylation sites (N-methyl/N-ethyl adjacent to an activating group) is 1. The number of carbonyl (C=O) groups excluding carboxylic acids is 1. The highest BCUT2D eigenvalue weighted by Gasteiger charge is 2.13. The van der Waals surface area contributed by atoms with E-state index in [0.29, 0.717) is 11.3 Å². The van der Waals surface area contributed by atoms with Gasteiger partial charge in [-0.25, -0.2) is 4.39 Å². The van der Waals surface area contributed by atoms with E-state index < -0.39 is 0 Å². The Morgan fingerprint density at radius 3 is 2.83 bits per heavy atom. The molecule has 1 rings (SSSR count). The average molecular weight is 254 g/mol. The molecule has 0 heterocycles. The van der Waals surface area contributed by atoms with E-state index in [1.165, 1.54) is 12.1 Å². The summed E-state index contributed by atoms with van der Waals surface area (Å²) in [4.78, 5) is 11.1. The first-order valence-corrected chi connectivity index (χ1v) is 5.94. The van der Waals surface area contributed by atoms with E-state index in [1.54, 1.807) is 13.1 Å². The van der Waals surface area contributed by atoms with Crippen molar-refractivity contribution in [2.75, 3.05) is 20.2 Å². The number of hydrogen-bond acceptors (Lipinski definition) is 3. The van der Waals surface area contributed by atoms with Crippen molar-refractivity contribution in [2.24, 2.45) is 0 Å². The predicted octanol–water partition coefficient (Wildman–Crippen LogP) is 1.62. The second-order valence-corrected chi connectivity index (χ2v) is 3.92. The predicted molar refractivity (Wildman–Crippen MR) is 68.1 cm³/mol. The fourth-order valence-electron chi connectivity index (χ4n) is 1.62. The molecule has 4 nitrogen and oxygen atoms in total. The van der Waals surface area contributed by atoms with Crippen LogP contribution >= 0.6 is 0 Å². The second kappa shape index (κ2) is 6.96. The molecule has 0 radical (unpaired) electrons. The van der Waals surface area contributed by atoms with Crippen molar-refractivity contribution in [3.05, 3.63) is 29.6 Å². The lowest BCUT2D eigenvalue weighted by molar-refractivity contribution is -0.122. The molecule has 0 bridgehead atoms. The quantitative estimate of drug-likeness (QED) is 0.811. The van der Waals surface area contributed by atoms with Gasteiger partial charge >= 0.3 is 0 Å². The Morgan fingerprint density at radius 2 is 2.22 bits per heavy atom. The summed E-state index contributed by atoms with van der Waals surface area (Å²) in [5, 5.41) is 5.65. The Balaban J connectivity index is 2.85. The lowest BCUT2D eigenvalue weighted by atomic mass is 10.1. The van der Waals surface area contributed by atoms with Crippen LogP contribution < -0.4 is 15.4 Å². The number of nitrogens with one attached hydrogen (secondary N) is 2. The molecule has 5 heteroatoms. The molecule has 1 amide bonds. The fraction of sp³-hybridized carbons (Fsp3) is 0.462. The van der Waals surface area contributed by atoms with Crippen LogP contribution in [0, 0.1) is 5.82 Å². The van der Waals surface area contributed by atoms with Crippen LogP contribution in [-0.2, 0) is 4.79 Å². The molecule has 0 fully saturated rings. The van der Waals surface area contributed by atoms with E-state index in [-0.39, 0.29) is 24.4 Å². The summed E-state index contributed by atoms with van der Waals surface area (Å²) in [7, 11) is 1.54. The van der Waals surface area contributed by atoms with E-state index in [0.717, 1.165) is 6.54 Å². The lowest BCUT2D eigenvalue weighted by Crippen LogP contribution is -2.25. The molecule has 100 valence electrons.